The summed E-state index contributed by atoms with van der Waals surface area (Å²) in [5, 5.41) is 4.06. The maximum Gasteiger partial charge on any atom is 0.199 e. The number of hydrogen-bond donors (Lipinski definition) is 1. The smallest absolute Gasteiger partial charge is 0.199 e. The normalized spacial score (nSPS) is 13.0. The molecule has 0 amide bonds. The van der Waals surface area contributed by atoms with E-state index in [9.17, 15) is 17.6 Å². The van der Waals surface area contributed by atoms with Crippen LogP contribution in [0.1, 0.15) is 11.1 Å². The zero-order chi connectivity index (χ0) is 18.6. The molecule has 1 aliphatic rings. The van der Waals surface area contributed by atoms with Crippen molar-refractivity contribution >= 4 is 17.2 Å². The second-order valence-electron chi connectivity index (χ2n) is 5.88. The summed E-state index contributed by atoms with van der Waals surface area (Å²) in [5.41, 5.74) is 6.91. The van der Waals surface area contributed by atoms with E-state index in [2.05, 4.69) is 15.1 Å². The Bertz CT molecular complexity index is 1090. The maximum absolute atomic E-state index is 14.0. The van der Waals surface area contributed by atoms with E-state index >= 15 is 0 Å². The first-order valence-electron chi connectivity index (χ1n) is 7.54. The second kappa shape index (κ2) is 5.65. The number of nitrogens with zero attached hydrogens (tertiary/aromatic N) is 4. The van der Waals surface area contributed by atoms with Gasteiger partial charge in [-0.25, -0.2) is 27.5 Å². The minimum absolute atomic E-state index is 0.0888. The van der Waals surface area contributed by atoms with Gasteiger partial charge in [-0.15, -0.1) is 0 Å². The molecule has 4 rings (SSSR count). The topological polar surface area (TPSA) is 69.1 Å². The number of halogens is 4. The Kier molecular flexibility index (Phi) is 3.53. The number of hydrogen-bond acceptors (Lipinski definition) is 4. The Labute approximate surface area is 144 Å². The van der Waals surface area contributed by atoms with Crippen LogP contribution in [0.5, 0.6) is 0 Å². The van der Waals surface area contributed by atoms with Crippen molar-refractivity contribution in [3.8, 4) is 11.1 Å². The van der Waals surface area contributed by atoms with Crippen molar-refractivity contribution in [2.75, 3.05) is 5.73 Å². The fourth-order valence-corrected chi connectivity index (χ4v) is 2.88. The van der Waals surface area contributed by atoms with Crippen molar-refractivity contribution in [1.82, 2.24) is 14.8 Å². The number of pyridine rings is 1. The second-order valence-corrected chi connectivity index (χ2v) is 5.88. The average molecular weight is 361 g/mol. The van der Waals surface area contributed by atoms with Gasteiger partial charge in [0.05, 0.1) is 11.9 Å². The summed E-state index contributed by atoms with van der Waals surface area (Å²) in [6.07, 6.45) is 4.68. The van der Waals surface area contributed by atoms with Crippen LogP contribution in [0.4, 0.5) is 29.1 Å². The lowest BCUT2D eigenvalue weighted by Crippen LogP contribution is -2.08. The van der Waals surface area contributed by atoms with Crippen molar-refractivity contribution in [3.05, 3.63) is 59.1 Å². The van der Waals surface area contributed by atoms with E-state index < -0.39 is 29.0 Å². The summed E-state index contributed by atoms with van der Waals surface area (Å²) in [6, 6.07) is 1.65. The monoisotopic (exact) mass is 361 g/mol. The highest BCUT2D eigenvalue weighted by molar-refractivity contribution is 6.09. The average Bonchev–Trinajstić information content (AvgIpc) is 3.25. The molecule has 26 heavy (non-hydrogen) atoms. The minimum atomic E-state index is -1.89. The summed E-state index contributed by atoms with van der Waals surface area (Å²) in [5.74, 6) is -6.63. The van der Waals surface area contributed by atoms with Gasteiger partial charge in [0, 0.05) is 48.1 Å². The molecule has 3 heterocycles. The molecule has 0 saturated heterocycles. The SMILES string of the molecule is Cn1cc(-c2cnc(N)c(C3=Nc4c(F)c(F)c(F)c(F)c4C3)c2)cn1. The Hall–Kier alpha value is -3.23. The summed E-state index contributed by atoms with van der Waals surface area (Å²) < 4.78 is 56.4. The number of nitrogens with two attached hydrogens (primary N) is 1. The molecule has 0 bridgehead atoms. The molecule has 5 nitrogen and oxygen atoms in total. The molecule has 0 unspecified atom stereocenters. The highest BCUT2D eigenvalue weighted by Crippen LogP contribution is 2.37. The Balaban J connectivity index is 1.82. The molecule has 1 aliphatic heterocycles. The van der Waals surface area contributed by atoms with Crippen molar-refractivity contribution in [1.29, 1.82) is 0 Å². The van der Waals surface area contributed by atoms with E-state index in [1.807, 2.05) is 0 Å². The van der Waals surface area contributed by atoms with Gasteiger partial charge in [0.2, 0.25) is 0 Å². The van der Waals surface area contributed by atoms with Crippen LogP contribution < -0.4 is 5.73 Å². The summed E-state index contributed by atoms with van der Waals surface area (Å²) >= 11 is 0. The predicted octanol–water partition coefficient (Wildman–Crippen LogP) is 3.30. The van der Waals surface area contributed by atoms with Crippen LogP contribution in [0.2, 0.25) is 0 Å². The molecule has 2 aromatic heterocycles. The number of aromatic nitrogens is 3. The molecule has 9 heteroatoms. The fraction of sp³-hybridized carbons (Fsp3) is 0.118. The quantitative estimate of drug-likeness (QED) is 0.433. The van der Waals surface area contributed by atoms with Gasteiger partial charge in [0.15, 0.2) is 23.3 Å². The third kappa shape index (κ3) is 2.35. The molecular formula is C17H11F4N5. The van der Waals surface area contributed by atoms with Crippen molar-refractivity contribution in [3.63, 3.8) is 0 Å². The van der Waals surface area contributed by atoms with Crippen LogP contribution >= 0.6 is 0 Å². The Morgan fingerprint density at radius 3 is 2.42 bits per heavy atom. The Morgan fingerprint density at radius 1 is 1.00 bits per heavy atom. The van der Waals surface area contributed by atoms with Crippen LogP contribution in [0, 0.1) is 23.3 Å². The van der Waals surface area contributed by atoms with E-state index in [0.29, 0.717) is 11.1 Å². The van der Waals surface area contributed by atoms with Gasteiger partial charge in [-0.2, -0.15) is 5.10 Å². The van der Waals surface area contributed by atoms with Gasteiger partial charge in [0.1, 0.15) is 11.5 Å². The van der Waals surface area contributed by atoms with Crippen LogP contribution in [-0.2, 0) is 13.5 Å². The Morgan fingerprint density at radius 2 is 1.73 bits per heavy atom. The number of rotatable bonds is 2. The predicted molar refractivity (Wildman–Crippen MR) is 87.0 cm³/mol. The number of benzene rings is 1. The lowest BCUT2D eigenvalue weighted by Gasteiger charge is -2.07. The fourth-order valence-electron chi connectivity index (χ4n) is 2.88. The number of nitrogen functional groups attached to an aromatic ring is 1. The van der Waals surface area contributed by atoms with Gasteiger partial charge in [0.25, 0.3) is 0 Å². The summed E-state index contributed by atoms with van der Waals surface area (Å²) in [6.45, 7) is 0. The molecule has 0 saturated carbocycles. The molecule has 0 aliphatic carbocycles. The van der Waals surface area contributed by atoms with Crippen LogP contribution in [0.3, 0.4) is 0 Å². The van der Waals surface area contributed by atoms with Crippen molar-refractivity contribution in [2.24, 2.45) is 12.0 Å². The van der Waals surface area contributed by atoms with Crippen LogP contribution in [0.25, 0.3) is 11.1 Å². The highest BCUT2D eigenvalue weighted by atomic mass is 19.2. The van der Waals surface area contributed by atoms with Gasteiger partial charge in [-0.1, -0.05) is 0 Å². The number of fused-ring (bicyclic) bond motifs is 1. The zero-order valence-corrected chi connectivity index (χ0v) is 13.4. The first-order valence-corrected chi connectivity index (χ1v) is 7.54. The largest absolute Gasteiger partial charge is 0.383 e. The molecular weight excluding hydrogens is 350 g/mol. The molecule has 132 valence electrons. The zero-order valence-electron chi connectivity index (χ0n) is 13.4. The summed E-state index contributed by atoms with van der Waals surface area (Å²) in [4.78, 5) is 8.02. The minimum Gasteiger partial charge on any atom is -0.383 e. The van der Waals surface area contributed by atoms with Gasteiger partial charge < -0.3 is 5.73 Å². The third-order valence-electron chi connectivity index (χ3n) is 4.20. The highest BCUT2D eigenvalue weighted by Gasteiger charge is 2.31. The lowest BCUT2D eigenvalue weighted by molar-refractivity contribution is 0.407. The molecule has 1 aromatic carbocycles. The summed E-state index contributed by atoms with van der Waals surface area (Å²) in [7, 11) is 1.75. The molecule has 3 aromatic rings. The molecule has 0 atom stereocenters. The molecule has 2 N–H and O–H groups in total. The van der Waals surface area contributed by atoms with Gasteiger partial charge in [-0.05, 0) is 6.07 Å². The van der Waals surface area contributed by atoms with Crippen molar-refractivity contribution < 1.29 is 17.6 Å². The first-order chi connectivity index (χ1) is 12.4. The van der Waals surface area contributed by atoms with Gasteiger partial charge >= 0.3 is 0 Å². The van der Waals surface area contributed by atoms with Crippen LogP contribution in [-0.4, -0.2) is 20.5 Å². The number of aryl methyl sites for hydroxylation is 1. The van der Waals surface area contributed by atoms with E-state index in [4.69, 9.17) is 5.73 Å². The molecule has 0 fully saturated rings. The standard InChI is InChI=1S/C17H11F4N5/c1-26-6-8(5-24-26)7-2-9(17(22)23-4-7)11-3-10-12(18)13(19)14(20)15(21)16(10)25-11/h2,4-6H,3H2,1H3,(H2,22,23). The van der Waals surface area contributed by atoms with E-state index in [1.54, 1.807) is 30.2 Å². The maximum atomic E-state index is 14.0. The third-order valence-corrected chi connectivity index (χ3v) is 4.20. The van der Waals surface area contributed by atoms with E-state index in [-0.39, 0.29) is 23.5 Å². The van der Waals surface area contributed by atoms with Crippen LogP contribution in [0.15, 0.2) is 29.6 Å². The van der Waals surface area contributed by atoms with E-state index in [0.717, 1.165) is 5.56 Å². The first kappa shape index (κ1) is 16.2. The number of anilines is 1. The molecule has 0 spiro atoms. The number of aliphatic imine (C=N–C) groups is 1. The lowest BCUT2D eigenvalue weighted by atomic mass is 10.0. The molecule has 0 radical (unpaired) electrons. The van der Waals surface area contributed by atoms with Gasteiger partial charge in [-0.3, -0.25) is 4.68 Å². The van der Waals surface area contributed by atoms with Crippen molar-refractivity contribution in [2.45, 2.75) is 6.42 Å². The van der Waals surface area contributed by atoms with E-state index in [1.165, 1.54) is 6.20 Å².